The Morgan fingerprint density at radius 3 is 3.11 bits per heavy atom. The van der Waals surface area contributed by atoms with Crippen LogP contribution >= 0.6 is 0 Å². The minimum absolute atomic E-state index is 0.170. The Morgan fingerprint density at radius 1 is 1.67 bits per heavy atom. The molecule has 0 amide bonds. The number of furan rings is 1. The Balaban J connectivity index is 2.08. The molecular weight excluding hydrogens is 234 g/mol. The summed E-state index contributed by atoms with van der Waals surface area (Å²) in [5.74, 6) is 0.951. The highest BCUT2D eigenvalue weighted by Gasteiger charge is 2.25. The maximum Gasteiger partial charge on any atom is 0.341 e. The van der Waals surface area contributed by atoms with E-state index in [0.717, 1.165) is 25.1 Å². The molecule has 0 saturated carbocycles. The number of ether oxygens (including phenoxy) is 1. The van der Waals surface area contributed by atoms with E-state index in [0.29, 0.717) is 17.9 Å². The standard InChI is InChI=1S/C13H19NO4/c1-9-12(13(16)17-2)6-11(18-9)7-14-5-3-4-10(14)8-15/h6,10,15H,3-5,7-8H2,1-2H3. The van der Waals surface area contributed by atoms with Crippen LogP contribution in [0.2, 0.25) is 0 Å². The molecule has 1 atom stereocenters. The van der Waals surface area contributed by atoms with E-state index in [1.165, 1.54) is 7.11 Å². The molecule has 1 saturated heterocycles. The average molecular weight is 253 g/mol. The lowest BCUT2D eigenvalue weighted by atomic mass is 10.2. The van der Waals surface area contributed by atoms with Crippen LogP contribution in [0.15, 0.2) is 10.5 Å². The lowest BCUT2D eigenvalue weighted by Crippen LogP contribution is -2.31. The van der Waals surface area contributed by atoms with E-state index in [4.69, 9.17) is 9.15 Å². The zero-order chi connectivity index (χ0) is 13.1. The summed E-state index contributed by atoms with van der Waals surface area (Å²) >= 11 is 0. The van der Waals surface area contributed by atoms with Crippen molar-refractivity contribution in [2.75, 3.05) is 20.3 Å². The minimum Gasteiger partial charge on any atom is -0.465 e. The van der Waals surface area contributed by atoms with Crippen molar-refractivity contribution >= 4 is 5.97 Å². The Labute approximate surface area is 106 Å². The summed E-state index contributed by atoms with van der Waals surface area (Å²) in [6.45, 7) is 3.51. The number of aliphatic hydroxyl groups excluding tert-OH is 1. The van der Waals surface area contributed by atoms with E-state index >= 15 is 0 Å². The van der Waals surface area contributed by atoms with Crippen LogP contribution in [0.25, 0.3) is 0 Å². The second-order valence-corrected chi connectivity index (χ2v) is 4.62. The van der Waals surface area contributed by atoms with Crippen molar-refractivity contribution in [3.63, 3.8) is 0 Å². The first-order valence-electron chi connectivity index (χ1n) is 6.18. The van der Waals surface area contributed by atoms with Gasteiger partial charge in [0.1, 0.15) is 17.1 Å². The maximum absolute atomic E-state index is 11.5. The van der Waals surface area contributed by atoms with Crippen LogP contribution in [0.4, 0.5) is 0 Å². The summed E-state index contributed by atoms with van der Waals surface area (Å²) < 4.78 is 10.3. The van der Waals surface area contributed by atoms with Crippen molar-refractivity contribution in [3.05, 3.63) is 23.2 Å². The number of aliphatic hydroxyl groups is 1. The van der Waals surface area contributed by atoms with E-state index in [2.05, 4.69) is 4.90 Å². The fourth-order valence-electron chi connectivity index (χ4n) is 2.44. The predicted octanol–water partition coefficient (Wildman–Crippen LogP) is 1.33. The Bertz CT molecular complexity index is 427. The fraction of sp³-hybridized carbons (Fsp3) is 0.615. The number of nitrogens with zero attached hydrogens (tertiary/aromatic N) is 1. The maximum atomic E-state index is 11.5. The molecule has 1 aromatic rings. The lowest BCUT2D eigenvalue weighted by Gasteiger charge is -2.21. The molecule has 0 aliphatic carbocycles. The summed E-state index contributed by atoms with van der Waals surface area (Å²) in [7, 11) is 1.36. The molecule has 1 N–H and O–H groups in total. The Morgan fingerprint density at radius 2 is 2.44 bits per heavy atom. The van der Waals surface area contributed by atoms with Gasteiger partial charge < -0.3 is 14.3 Å². The number of esters is 1. The number of carbonyl (C=O) groups is 1. The molecule has 0 bridgehead atoms. The van der Waals surface area contributed by atoms with Crippen LogP contribution in [-0.2, 0) is 11.3 Å². The van der Waals surface area contributed by atoms with Crippen molar-refractivity contribution in [2.24, 2.45) is 0 Å². The van der Waals surface area contributed by atoms with Gasteiger partial charge in [0.25, 0.3) is 0 Å². The second-order valence-electron chi connectivity index (χ2n) is 4.62. The molecular formula is C13H19NO4. The minimum atomic E-state index is -0.373. The Kier molecular flexibility index (Phi) is 4.04. The van der Waals surface area contributed by atoms with Crippen molar-refractivity contribution in [3.8, 4) is 0 Å². The van der Waals surface area contributed by atoms with Gasteiger partial charge in [0.2, 0.25) is 0 Å². The number of rotatable bonds is 4. The molecule has 1 aliphatic heterocycles. The summed E-state index contributed by atoms with van der Waals surface area (Å²) in [6, 6.07) is 1.94. The summed E-state index contributed by atoms with van der Waals surface area (Å²) in [5, 5.41) is 9.25. The molecule has 18 heavy (non-hydrogen) atoms. The third-order valence-corrected chi connectivity index (χ3v) is 3.44. The smallest absolute Gasteiger partial charge is 0.341 e. The van der Waals surface area contributed by atoms with Crippen molar-refractivity contribution in [1.29, 1.82) is 0 Å². The normalized spacial score (nSPS) is 20.3. The highest BCUT2D eigenvalue weighted by Crippen LogP contribution is 2.22. The summed E-state index contributed by atoms with van der Waals surface area (Å²) in [5.41, 5.74) is 0.479. The lowest BCUT2D eigenvalue weighted by molar-refractivity contribution is 0.0599. The van der Waals surface area contributed by atoms with Crippen LogP contribution in [0.5, 0.6) is 0 Å². The van der Waals surface area contributed by atoms with E-state index in [1.807, 2.05) is 0 Å². The number of likely N-dealkylation sites (tertiary alicyclic amines) is 1. The van der Waals surface area contributed by atoms with Crippen LogP contribution in [0.3, 0.4) is 0 Å². The first-order chi connectivity index (χ1) is 8.65. The van der Waals surface area contributed by atoms with Gasteiger partial charge in [0, 0.05) is 6.04 Å². The van der Waals surface area contributed by atoms with Gasteiger partial charge in [0.05, 0.1) is 20.3 Å². The third kappa shape index (κ3) is 2.57. The molecule has 0 aromatic carbocycles. The van der Waals surface area contributed by atoms with Crippen molar-refractivity contribution < 1.29 is 19.1 Å². The van der Waals surface area contributed by atoms with Gasteiger partial charge in [-0.1, -0.05) is 0 Å². The van der Waals surface area contributed by atoms with Gasteiger partial charge in [-0.3, -0.25) is 4.90 Å². The molecule has 5 nitrogen and oxygen atoms in total. The second kappa shape index (κ2) is 5.54. The monoisotopic (exact) mass is 253 g/mol. The van der Waals surface area contributed by atoms with Gasteiger partial charge >= 0.3 is 5.97 Å². The highest BCUT2D eigenvalue weighted by atomic mass is 16.5. The summed E-state index contributed by atoms with van der Waals surface area (Å²) in [6.07, 6.45) is 2.11. The van der Waals surface area contributed by atoms with Crippen LogP contribution < -0.4 is 0 Å². The SMILES string of the molecule is COC(=O)c1cc(CN2CCCC2CO)oc1C. The molecule has 2 heterocycles. The average Bonchev–Trinajstić information content (AvgIpc) is 2.95. The number of hydrogen-bond acceptors (Lipinski definition) is 5. The molecule has 5 heteroatoms. The molecule has 1 fully saturated rings. The number of carbonyl (C=O) groups excluding carboxylic acids is 1. The van der Waals surface area contributed by atoms with E-state index < -0.39 is 0 Å². The van der Waals surface area contributed by atoms with Gasteiger partial charge in [-0.05, 0) is 32.4 Å². The van der Waals surface area contributed by atoms with E-state index in [-0.39, 0.29) is 18.6 Å². The molecule has 1 aromatic heterocycles. The predicted molar refractivity (Wildman–Crippen MR) is 65.3 cm³/mol. The number of aryl methyl sites for hydroxylation is 1. The first-order valence-corrected chi connectivity index (χ1v) is 6.18. The number of hydrogen-bond donors (Lipinski definition) is 1. The van der Waals surface area contributed by atoms with Crippen molar-refractivity contribution in [1.82, 2.24) is 4.90 Å². The van der Waals surface area contributed by atoms with E-state index in [9.17, 15) is 9.90 Å². The highest BCUT2D eigenvalue weighted by molar-refractivity contribution is 5.90. The topological polar surface area (TPSA) is 62.9 Å². The van der Waals surface area contributed by atoms with Crippen molar-refractivity contribution in [2.45, 2.75) is 32.4 Å². The molecule has 1 unspecified atom stereocenters. The molecule has 2 rings (SSSR count). The molecule has 1 aliphatic rings. The summed E-state index contributed by atoms with van der Waals surface area (Å²) in [4.78, 5) is 13.6. The van der Waals surface area contributed by atoms with Gasteiger partial charge in [-0.25, -0.2) is 4.79 Å². The van der Waals surface area contributed by atoms with E-state index in [1.54, 1.807) is 13.0 Å². The first kappa shape index (κ1) is 13.1. The fourth-order valence-corrected chi connectivity index (χ4v) is 2.44. The third-order valence-electron chi connectivity index (χ3n) is 3.44. The zero-order valence-electron chi connectivity index (χ0n) is 10.8. The zero-order valence-corrected chi connectivity index (χ0v) is 10.8. The number of methoxy groups -OCH3 is 1. The van der Waals surface area contributed by atoms with Gasteiger partial charge in [-0.2, -0.15) is 0 Å². The van der Waals surface area contributed by atoms with Crippen LogP contribution in [0.1, 0.15) is 34.7 Å². The Hall–Kier alpha value is -1.33. The molecule has 0 spiro atoms. The molecule has 0 radical (unpaired) electrons. The van der Waals surface area contributed by atoms with Crippen LogP contribution in [-0.4, -0.2) is 42.3 Å². The largest absolute Gasteiger partial charge is 0.465 e. The molecule has 100 valence electrons. The van der Waals surface area contributed by atoms with Crippen LogP contribution in [0, 0.1) is 6.92 Å². The van der Waals surface area contributed by atoms with Gasteiger partial charge in [-0.15, -0.1) is 0 Å². The quantitative estimate of drug-likeness (QED) is 0.820. The van der Waals surface area contributed by atoms with Gasteiger partial charge in [0.15, 0.2) is 0 Å².